The molecule has 0 atom stereocenters. The molecular formula is C36H48N6O3. The van der Waals surface area contributed by atoms with Gasteiger partial charge in [-0.3, -0.25) is 9.59 Å². The Bertz CT molecular complexity index is 1510. The van der Waals surface area contributed by atoms with Crippen molar-refractivity contribution in [3.63, 3.8) is 0 Å². The SMILES string of the molecule is C=CC.CC.CC.CC/C=C/CC(=O)Nc1cccc(-c2cn3ccnc3c(Nc3ccc(C(=O)N4CCOCC4)cc3)n2)c1. The lowest BCUT2D eigenvalue weighted by Crippen LogP contribution is -2.40. The van der Waals surface area contributed by atoms with Crippen molar-refractivity contribution < 1.29 is 14.3 Å². The summed E-state index contributed by atoms with van der Waals surface area (Å²) in [5, 5.41) is 6.29. The van der Waals surface area contributed by atoms with E-state index < -0.39 is 0 Å². The standard InChI is InChI=1S/C29H30N6O3.C3H6.2C2H6/c1-2-3-4-8-26(36)31-24-7-5-6-22(19-24)25-20-35-14-13-30-28(35)27(33-25)32-23-11-9-21(10-12-23)29(37)34-15-17-38-18-16-34;1-3-2;2*1-2/h3-7,9-14,19-20H,2,8,15-18H2,1H3,(H,31,36)(H,32,33);3H,1H2,2H3;2*1-2H3/b4-3+;;;. The molecule has 1 saturated heterocycles. The molecule has 0 saturated carbocycles. The Morgan fingerprint density at radius 3 is 2.36 bits per heavy atom. The molecule has 3 heterocycles. The Hall–Kier alpha value is -4.76. The van der Waals surface area contributed by atoms with Crippen LogP contribution in [0.25, 0.3) is 16.9 Å². The number of benzene rings is 2. The molecule has 9 nitrogen and oxygen atoms in total. The Morgan fingerprint density at radius 1 is 1.00 bits per heavy atom. The first-order valence-corrected chi connectivity index (χ1v) is 15.7. The lowest BCUT2D eigenvalue weighted by molar-refractivity contribution is -0.115. The Balaban J connectivity index is 0.000000934. The first-order valence-electron chi connectivity index (χ1n) is 15.7. The maximum absolute atomic E-state index is 12.8. The van der Waals surface area contributed by atoms with Crippen LogP contribution in [0.5, 0.6) is 0 Å². The average Bonchev–Trinajstić information content (AvgIpc) is 3.57. The van der Waals surface area contributed by atoms with Gasteiger partial charge in [0.2, 0.25) is 5.91 Å². The number of nitrogens with one attached hydrogen (secondary N) is 2. The van der Waals surface area contributed by atoms with Gasteiger partial charge in [-0.25, -0.2) is 9.97 Å². The number of anilines is 3. The molecule has 0 bridgehead atoms. The summed E-state index contributed by atoms with van der Waals surface area (Å²) in [4.78, 5) is 36.1. The van der Waals surface area contributed by atoms with Crippen LogP contribution >= 0.6 is 0 Å². The second-order valence-electron chi connectivity index (χ2n) is 9.36. The van der Waals surface area contributed by atoms with Gasteiger partial charge in [0.15, 0.2) is 11.5 Å². The lowest BCUT2D eigenvalue weighted by Gasteiger charge is -2.26. The number of carbonyl (C=O) groups excluding carboxylic acids is 2. The molecule has 45 heavy (non-hydrogen) atoms. The highest BCUT2D eigenvalue weighted by Gasteiger charge is 2.18. The molecule has 0 unspecified atom stereocenters. The number of imidazole rings is 1. The first kappa shape index (κ1) is 36.4. The molecule has 240 valence electrons. The van der Waals surface area contributed by atoms with Crippen molar-refractivity contribution >= 4 is 34.7 Å². The zero-order valence-corrected chi connectivity index (χ0v) is 27.5. The maximum Gasteiger partial charge on any atom is 0.254 e. The quantitative estimate of drug-likeness (QED) is 0.195. The van der Waals surface area contributed by atoms with Gasteiger partial charge in [-0.15, -0.1) is 6.58 Å². The van der Waals surface area contributed by atoms with E-state index in [0.29, 0.717) is 55.4 Å². The van der Waals surface area contributed by atoms with E-state index >= 15 is 0 Å². The number of nitrogens with zero attached hydrogens (tertiary/aromatic N) is 4. The topological polar surface area (TPSA) is 101 Å². The van der Waals surface area contributed by atoms with E-state index in [2.05, 4.69) is 22.2 Å². The monoisotopic (exact) mass is 612 g/mol. The highest BCUT2D eigenvalue weighted by molar-refractivity contribution is 5.95. The van der Waals surface area contributed by atoms with Crippen LogP contribution in [0.3, 0.4) is 0 Å². The van der Waals surface area contributed by atoms with Crippen LogP contribution in [0.15, 0.2) is 91.9 Å². The number of carbonyl (C=O) groups is 2. The minimum absolute atomic E-state index is 0.00368. The van der Waals surface area contributed by atoms with E-state index in [1.165, 1.54) is 0 Å². The van der Waals surface area contributed by atoms with Crippen molar-refractivity contribution in [1.29, 1.82) is 0 Å². The van der Waals surface area contributed by atoms with Crippen LogP contribution in [0.2, 0.25) is 0 Å². The zero-order valence-electron chi connectivity index (χ0n) is 27.5. The van der Waals surface area contributed by atoms with Crippen molar-refractivity contribution in [2.24, 2.45) is 0 Å². The molecule has 4 aromatic rings. The molecule has 0 radical (unpaired) electrons. The number of morpholine rings is 1. The van der Waals surface area contributed by atoms with Gasteiger partial charge < -0.3 is 24.7 Å². The fraction of sp³-hybridized carbons (Fsp3) is 0.333. The number of amides is 2. The van der Waals surface area contributed by atoms with E-state index in [4.69, 9.17) is 9.72 Å². The third kappa shape index (κ3) is 11.0. The van der Waals surface area contributed by atoms with Crippen LogP contribution in [0.4, 0.5) is 17.2 Å². The molecule has 0 spiro atoms. The maximum atomic E-state index is 12.8. The zero-order chi connectivity index (χ0) is 33.0. The third-order valence-corrected chi connectivity index (χ3v) is 6.21. The molecule has 1 fully saturated rings. The van der Waals surface area contributed by atoms with Crippen LogP contribution in [-0.2, 0) is 9.53 Å². The van der Waals surface area contributed by atoms with Crippen molar-refractivity contribution in [2.45, 2.75) is 54.4 Å². The summed E-state index contributed by atoms with van der Waals surface area (Å²) in [6.07, 6.45) is 12.3. The van der Waals surface area contributed by atoms with Gasteiger partial charge in [0.05, 0.1) is 18.9 Å². The van der Waals surface area contributed by atoms with Gasteiger partial charge in [0.25, 0.3) is 5.91 Å². The summed E-state index contributed by atoms with van der Waals surface area (Å²) >= 11 is 0. The van der Waals surface area contributed by atoms with E-state index in [0.717, 1.165) is 23.4 Å². The predicted molar refractivity (Wildman–Crippen MR) is 186 cm³/mol. The number of aromatic nitrogens is 3. The summed E-state index contributed by atoms with van der Waals surface area (Å²) in [5.41, 5.74) is 4.39. The molecule has 5 rings (SSSR count). The second-order valence-corrected chi connectivity index (χ2v) is 9.36. The number of rotatable bonds is 8. The summed E-state index contributed by atoms with van der Waals surface area (Å²) in [5.74, 6) is 0.519. The normalized spacial score (nSPS) is 12.1. The highest BCUT2D eigenvalue weighted by atomic mass is 16.5. The number of hydrogen-bond acceptors (Lipinski definition) is 6. The van der Waals surface area contributed by atoms with E-state index in [9.17, 15) is 9.59 Å². The van der Waals surface area contributed by atoms with Gasteiger partial charge >= 0.3 is 0 Å². The van der Waals surface area contributed by atoms with E-state index in [1.54, 1.807) is 12.3 Å². The Labute approximate surface area is 268 Å². The minimum Gasteiger partial charge on any atom is -0.378 e. The fourth-order valence-corrected chi connectivity index (χ4v) is 4.26. The number of ether oxygens (including phenoxy) is 1. The van der Waals surface area contributed by atoms with Crippen LogP contribution < -0.4 is 10.6 Å². The third-order valence-electron chi connectivity index (χ3n) is 6.21. The lowest BCUT2D eigenvalue weighted by atomic mass is 10.1. The first-order chi connectivity index (χ1) is 22.0. The molecule has 1 aliphatic heterocycles. The summed E-state index contributed by atoms with van der Waals surface area (Å²) in [7, 11) is 0. The van der Waals surface area contributed by atoms with Crippen LogP contribution in [0.1, 0.15) is 64.7 Å². The molecule has 2 N–H and O–H groups in total. The molecule has 2 amide bonds. The fourth-order valence-electron chi connectivity index (χ4n) is 4.26. The number of hydrogen-bond donors (Lipinski definition) is 2. The second kappa shape index (κ2) is 20.2. The van der Waals surface area contributed by atoms with E-state index in [-0.39, 0.29) is 11.8 Å². The molecule has 1 aliphatic rings. The van der Waals surface area contributed by atoms with E-state index in [1.807, 2.05) is 124 Å². The van der Waals surface area contributed by atoms with Gasteiger partial charge in [0, 0.05) is 60.6 Å². The minimum atomic E-state index is -0.0669. The summed E-state index contributed by atoms with van der Waals surface area (Å²) in [6.45, 7) is 17.6. The molecular weight excluding hydrogens is 564 g/mol. The molecule has 9 heteroatoms. The number of fused-ring (bicyclic) bond motifs is 1. The Kier molecular flexibility index (Phi) is 16.4. The van der Waals surface area contributed by atoms with Crippen molar-refractivity contribution in [3.05, 3.63) is 97.5 Å². The largest absolute Gasteiger partial charge is 0.378 e. The average molecular weight is 613 g/mol. The van der Waals surface area contributed by atoms with Crippen LogP contribution in [-0.4, -0.2) is 57.4 Å². The van der Waals surface area contributed by atoms with Gasteiger partial charge in [-0.1, -0.05) is 65.0 Å². The highest BCUT2D eigenvalue weighted by Crippen LogP contribution is 2.26. The molecule has 0 aliphatic carbocycles. The molecule has 2 aromatic carbocycles. The van der Waals surface area contributed by atoms with Crippen molar-refractivity contribution in [3.8, 4) is 11.3 Å². The summed E-state index contributed by atoms with van der Waals surface area (Å²) in [6, 6.07) is 15.0. The molecule has 2 aromatic heterocycles. The van der Waals surface area contributed by atoms with Gasteiger partial charge in [-0.05, 0) is 49.7 Å². The number of allylic oxidation sites excluding steroid dienone is 2. The van der Waals surface area contributed by atoms with Crippen molar-refractivity contribution in [1.82, 2.24) is 19.3 Å². The van der Waals surface area contributed by atoms with Gasteiger partial charge in [0.1, 0.15) is 0 Å². The smallest absolute Gasteiger partial charge is 0.254 e. The van der Waals surface area contributed by atoms with Crippen LogP contribution in [0, 0.1) is 0 Å². The van der Waals surface area contributed by atoms with Gasteiger partial charge in [-0.2, -0.15) is 0 Å². The summed E-state index contributed by atoms with van der Waals surface area (Å²) < 4.78 is 7.25. The Morgan fingerprint density at radius 2 is 1.69 bits per heavy atom. The van der Waals surface area contributed by atoms with Crippen molar-refractivity contribution in [2.75, 3.05) is 36.9 Å². The predicted octanol–water partition coefficient (Wildman–Crippen LogP) is 8.15.